The van der Waals surface area contributed by atoms with Crippen molar-refractivity contribution in [1.29, 1.82) is 0 Å². The molecule has 0 saturated carbocycles. The normalized spacial score (nSPS) is 17.5. The van der Waals surface area contributed by atoms with E-state index < -0.39 is 16.6 Å². The van der Waals surface area contributed by atoms with Crippen LogP contribution in [0.4, 0.5) is 0 Å². The fourth-order valence-electron chi connectivity index (χ4n) is 2.53. The van der Waals surface area contributed by atoms with E-state index in [1.54, 1.807) is 6.92 Å². The van der Waals surface area contributed by atoms with Crippen LogP contribution in [0.15, 0.2) is 4.90 Å². The van der Waals surface area contributed by atoms with Gasteiger partial charge in [0, 0.05) is 13.1 Å². The van der Waals surface area contributed by atoms with Gasteiger partial charge in [-0.3, -0.25) is 5.10 Å². The summed E-state index contributed by atoms with van der Waals surface area (Å²) >= 11 is 0. The predicted molar refractivity (Wildman–Crippen MR) is 74.7 cm³/mol. The molecule has 20 heavy (non-hydrogen) atoms. The molecule has 1 saturated heterocycles. The number of rotatable bonds is 6. The zero-order valence-electron chi connectivity index (χ0n) is 11.7. The molecule has 0 unspecified atom stereocenters. The number of sulfonamides is 1. The molecular formula is C12H22N4O3S. The Bertz CT molecular complexity index is 535. The summed E-state index contributed by atoms with van der Waals surface area (Å²) in [6, 6.07) is 0. The summed E-state index contributed by atoms with van der Waals surface area (Å²) in [5.74, 6) is 0. The molecule has 7 nitrogen and oxygen atoms in total. The molecule has 0 aliphatic carbocycles. The Morgan fingerprint density at radius 3 is 2.70 bits per heavy atom. The lowest BCUT2D eigenvalue weighted by atomic mass is 10.1. The van der Waals surface area contributed by atoms with Gasteiger partial charge in [-0.25, -0.2) is 13.1 Å². The van der Waals surface area contributed by atoms with Gasteiger partial charge in [-0.05, 0) is 32.9 Å². The lowest BCUT2D eigenvalue weighted by molar-refractivity contribution is 0.232. The number of aliphatic hydroxyl groups is 1. The SMILES string of the molecule is Cc1[nH]nc(CO)c1S(=O)(=O)NCCN1CCCCC1. The maximum absolute atomic E-state index is 12.2. The van der Waals surface area contributed by atoms with Crippen molar-refractivity contribution in [2.45, 2.75) is 37.7 Å². The standard InChI is InChI=1S/C12H22N4O3S/c1-10-12(11(9-17)15-14-10)20(18,19)13-5-8-16-6-3-2-4-7-16/h13,17H,2-9H2,1H3,(H,14,15). The molecule has 2 heterocycles. The first-order valence-corrected chi connectivity index (χ1v) is 8.39. The van der Waals surface area contributed by atoms with Gasteiger partial charge < -0.3 is 10.0 Å². The van der Waals surface area contributed by atoms with Gasteiger partial charge in [0.2, 0.25) is 10.0 Å². The Balaban J connectivity index is 1.95. The van der Waals surface area contributed by atoms with Gasteiger partial charge >= 0.3 is 0 Å². The number of aryl methyl sites for hydroxylation is 1. The van der Waals surface area contributed by atoms with E-state index in [4.69, 9.17) is 5.11 Å². The van der Waals surface area contributed by atoms with E-state index in [1.165, 1.54) is 19.3 Å². The largest absolute Gasteiger partial charge is 0.390 e. The first-order valence-electron chi connectivity index (χ1n) is 6.91. The molecule has 2 rings (SSSR count). The number of aromatic amines is 1. The molecule has 1 aromatic rings. The van der Waals surface area contributed by atoms with Crippen molar-refractivity contribution in [3.8, 4) is 0 Å². The van der Waals surface area contributed by atoms with Crippen molar-refractivity contribution < 1.29 is 13.5 Å². The van der Waals surface area contributed by atoms with Crippen LogP contribution in [0.5, 0.6) is 0 Å². The summed E-state index contributed by atoms with van der Waals surface area (Å²) in [6.45, 7) is 4.39. The minimum Gasteiger partial charge on any atom is -0.390 e. The Kier molecular flexibility index (Phi) is 5.14. The number of nitrogens with zero attached hydrogens (tertiary/aromatic N) is 2. The molecule has 0 spiro atoms. The van der Waals surface area contributed by atoms with Crippen molar-refractivity contribution in [2.24, 2.45) is 0 Å². The predicted octanol–water partition coefficient (Wildman–Crippen LogP) is -0.0254. The average Bonchev–Trinajstić information content (AvgIpc) is 2.81. The number of hydrogen-bond donors (Lipinski definition) is 3. The molecule has 1 aliphatic rings. The highest BCUT2D eigenvalue weighted by atomic mass is 32.2. The van der Waals surface area contributed by atoms with Crippen LogP contribution in [-0.4, -0.2) is 54.8 Å². The highest BCUT2D eigenvalue weighted by Crippen LogP contribution is 2.17. The second-order valence-corrected chi connectivity index (χ2v) is 6.79. The fraction of sp³-hybridized carbons (Fsp3) is 0.750. The van der Waals surface area contributed by atoms with E-state index in [1.807, 2.05) is 0 Å². The van der Waals surface area contributed by atoms with E-state index in [0.717, 1.165) is 13.1 Å². The molecule has 1 aromatic heterocycles. The van der Waals surface area contributed by atoms with Crippen molar-refractivity contribution in [3.63, 3.8) is 0 Å². The molecule has 8 heteroatoms. The molecule has 114 valence electrons. The van der Waals surface area contributed by atoms with Crippen LogP contribution in [0.1, 0.15) is 30.7 Å². The summed E-state index contributed by atoms with van der Waals surface area (Å²) in [6.07, 6.45) is 3.63. The quantitative estimate of drug-likeness (QED) is 0.686. The van der Waals surface area contributed by atoms with Gasteiger partial charge in [0.15, 0.2) is 0 Å². The minimum absolute atomic E-state index is 0.0682. The molecule has 1 aliphatic heterocycles. The number of aliphatic hydroxyl groups excluding tert-OH is 1. The van der Waals surface area contributed by atoms with Gasteiger partial charge in [0.25, 0.3) is 0 Å². The number of hydrogen-bond acceptors (Lipinski definition) is 5. The van der Waals surface area contributed by atoms with Gasteiger partial charge in [-0.1, -0.05) is 6.42 Å². The van der Waals surface area contributed by atoms with E-state index >= 15 is 0 Å². The van der Waals surface area contributed by atoms with Crippen LogP contribution in [0.2, 0.25) is 0 Å². The first kappa shape index (κ1) is 15.4. The van der Waals surface area contributed by atoms with E-state index in [-0.39, 0.29) is 10.6 Å². The van der Waals surface area contributed by atoms with Crippen LogP contribution in [0.25, 0.3) is 0 Å². The fourth-order valence-corrected chi connectivity index (χ4v) is 3.90. The van der Waals surface area contributed by atoms with Crippen molar-refractivity contribution in [1.82, 2.24) is 19.8 Å². The van der Waals surface area contributed by atoms with E-state index in [0.29, 0.717) is 18.8 Å². The third kappa shape index (κ3) is 3.57. The third-order valence-corrected chi connectivity index (χ3v) is 5.21. The Labute approximate surface area is 119 Å². The van der Waals surface area contributed by atoms with Gasteiger partial charge in [-0.2, -0.15) is 5.10 Å². The number of likely N-dealkylation sites (tertiary alicyclic amines) is 1. The van der Waals surface area contributed by atoms with Crippen LogP contribution in [0.3, 0.4) is 0 Å². The summed E-state index contributed by atoms with van der Waals surface area (Å²) < 4.78 is 27.1. The molecule has 0 amide bonds. The highest BCUT2D eigenvalue weighted by Gasteiger charge is 2.23. The van der Waals surface area contributed by atoms with Crippen molar-refractivity contribution >= 4 is 10.0 Å². The van der Waals surface area contributed by atoms with Crippen LogP contribution >= 0.6 is 0 Å². The number of H-pyrrole nitrogens is 1. The minimum atomic E-state index is -3.62. The van der Waals surface area contributed by atoms with Crippen molar-refractivity contribution in [3.05, 3.63) is 11.4 Å². The molecular weight excluding hydrogens is 280 g/mol. The van der Waals surface area contributed by atoms with Gasteiger partial charge in [-0.15, -0.1) is 0 Å². The Morgan fingerprint density at radius 1 is 1.35 bits per heavy atom. The van der Waals surface area contributed by atoms with Crippen LogP contribution < -0.4 is 4.72 Å². The van der Waals surface area contributed by atoms with Crippen molar-refractivity contribution in [2.75, 3.05) is 26.2 Å². The lowest BCUT2D eigenvalue weighted by Gasteiger charge is -2.26. The van der Waals surface area contributed by atoms with Gasteiger partial charge in [0.1, 0.15) is 10.6 Å². The zero-order valence-corrected chi connectivity index (χ0v) is 12.5. The zero-order chi connectivity index (χ0) is 14.6. The smallest absolute Gasteiger partial charge is 0.244 e. The summed E-state index contributed by atoms with van der Waals surface area (Å²) in [4.78, 5) is 2.33. The number of nitrogens with one attached hydrogen (secondary N) is 2. The third-order valence-electron chi connectivity index (χ3n) is 3.55. The average molecular weight is 302 g/mol. The molecule has 0 radical (unpaired) electrons. The Hall–Kier alpha value is -0.960. The Morgan fingerprint density at radius 2 is 2.05 bits per heavy atom. The summed E-state index contributed by atoms with van der Waals surface area (Å²) in [5, 5.41) is 15.5. The monoisotopic (exact) mass is 302 g/mol. The van der Waals surface area contributed by atoms with E-state index in [9.17, 15) is 8.42 Å². The second-order valence-electron chi connectivity index (χ2n) is 5.08. The molecule has 0 aromatic carbocycles. The molecule has 3 N–H and O–H groups in total. The second kappa shape index (κ2) is 6.66. The number of piperidine rings is 1. The van der Waals surface area contributed by atoms with E-state index in [2.05, 4.69) is 19.8 Å². The van der Waals surface area contributed by atoms with Crippen LogP contribution in [0, 0.1) is 6.92 Å². The lowest BCUT2D eigenvalue weighted by Crippen LogP contribution is -2.37. The molecule has 1 fully saturated rings. The topological polar surface area (TPSA) is 98.3 Å². The summed E-state index contributed by atoms with van der Waals surface area (Å²) in [5.41, 5.74) is 0.604. The summed E-state index contributed by atoms with van der Waals surface area (Å²) in [7, 11) is -3.62. The first-order chi connectivity index (χ1) is 9.54. The maximum atomic E-state index is 12.2. The molecule has 0 bridgehead atoms. The van der Waals surface area contributed by atoms with Gasteiger partial charge in [0.05, 0.1) is 12.3 Å². The molecule has 0 atom stereocenters. The highest BCUT2D eigenvalue weighted by molar-refractivity contribution is 7.89. The maximum Gasteiger partial charge on any atom is 0.244 e. The number of aromatic nitrogens is 2. The van der Waals surface area contributed by atoms with Crippen LogP contribution in [-0.2, 0) is 16.6 Å².